The molecule has 0 saturated heterocycles. The van der Waals surface area contributed by atoms with Gasteiger partial charge in [0, 0.05) is 25.9 Å². The van der Waals surface area contributed by atoms with Crippen LogP contribution >= 0.6 is 0 Å². The van der Waals surface area contributed by atoms with E-state index in [0.29, 0.717) is 6.42 Å². The number of carbonyl (C=O) groups excluding carboxylic acids is 1. The first-order valence-electron chi connectivity index (χ1n) is 12.4. The highest BCUT2D eigenvalue weighted by Crippen LogP contribution is 2.21. The van der Waals surface area contributed by atoms with Gasteiger partial charge >= 0.3 is 0 Å². The minimum absolute atomic E-state index is 0.138. The molecular formula is C30H35N3O. The van der Waals surface area contributed by atoms with Gasteiger partial charge in [-0.15, -0.1) is 0 Å². The molecule has 1 N–H and O–H groups in total. The fourth-order valence-electron chi connectivity index (χ4n) is 4.44. The number of nitrogens with zero attached hydrogens (tertiary/aromatic N) is 2. The number of amides is 1. The maximum atomic E-state index is 12.1. The summed E-state index contributed by atoms with van der Waals surface area (Å²) >= 11 is 0. The van der Waals surface area contributed by atoms with Crippen LogP contribution in [0.25, 0.3) is 11.0 Å². The average Bonchev–Trinajstić information content (AvgIpc) is 3.20. The maximum absolute atomic E-state index is 12.1. The summed E-state index contributed by atoms with van der Waals surface area (Å²) in [5, 5.41) is 3.07. The predicted molar refractivity (Wildman–Crippen MR) is 140 cm³/mol. The number of unbranched alkanes of at least 4 members (excludes halogenated alkanes) is 2. The molecule has 0 unspecified atom stereocenters. The number of imidazole rings is 1. The number of benzene rings is 3. The Labute approximate surface area is 203 Å². The summed E-state index contributed by atoms with van der Waals surface area (Å²) in [6.07, 6.45) is 5.42. The number of fused-ring (bicyclic) bond motifs is 1. The smallest absolute Gasteiger partial charge is 0.220 e. The molecule has 0 fully saturated rings. The second-order valence-corrected chi connectivity index (χ2v) is 9.18. The van der Waals surface area contributed by atoms with E-state index in [4.69, 9.17) is 4.98 Å². The Balaban J connectivity index is 1.27. The van der Waals surface area contributed by atoms with Gasteiger partial charge in [-0.05, 0) is 61.9 Å². The number of carbonyl (C=O) groups is 1. The first-order valence-corrected chi connectivity index (χ1v) is 12.4. The van der Waals surface area contributed by atoms with E-state index in [1.54, 1.807) is 0 Å². The van der Waals surface area contributed by atoms with Crippen LogP contribution in [0.5, 0.6) is 0 Å². The maximum Gasteiger partial charge on any atom is 0.220 e. The van der Waals surface area contributed by atoms with Gasteiger partial charge in [0.2, 0.25) is 5.91 Å². The predicted octanol–water partition coefficient (Wildman–Crippen LogP) is 6.16. The van der Waals surface area contributed by atoms with E-state index in [9.17, 15) is 4.79 Å². The van der Waals surface area contributed by atoms with Crippen molar-refractivity contribution >= 4 is 16.9 Å². The molecule has 4 heteroatoms. The molecule has 1 amide bonds. The zero-order valence-corrected chi connectivity index (χ0v) is 20.4. The molecule has 176 valence electrons. The SMILES string of the molecule is Cc1ccc(C)c(Cn2c(CCCCCNC(=O)CCc3ccccc3)nc3ccccc32)c1. The molecule has 0 aliphatic carbocycles. The number of aromatic nitrogens is 2. The lowest BCUT2D eigenvalue weighted by Crippen LogP contribution is -2.24. The zero-order chi connectivity index (χ0) is 23.8. The van der Waals surface area contributed by atoms with Crippen LogP contribution in [0.2, 0.25) is 0 Å². The minimum Gasteiger partial charge on any atom is -0.356 e. The first kappa shape index (κ1) is 23.7. The highest BCUT2D eigenvalue weighted by molar-refractivity contribution is 5.76. The van der Waals surface area contributed by atoms with Crippen LogP contribution in [0.4, 0.5) is 0 Å². The van der Waals surface area contributed by atoms with Crippen molar-refractivity contribution in [3.8, 4) is 0 Å². The van der Waals surface area contributed by atoms with Crippen LogP contribution in [-0.4, -0.2) is 22.0 Å². The van der Waals surface area contributed by atoms with E-state index in [-0.39, 0.29) is 5.91 Å². The van der Waals surface area contributed by atoms with Crippen molar-refractivity contribution in [3.63, 3.8) is 0 Å². The molecule has 34 heavy (non-hydrogen) atoms. The van der Waals surface area contributed by atoms with Crippen molar-refractivity contribution < 1.29 is 4.79 Å². The van der Waals surface area contributed by atoms with Gasteiger partial charge in [0.25, 0.3) is 0 Å². The van der Waals surface area contributed by atoms with Crippen molar-refractivity contribution in [3.05, 3.63) is 101 Å². The molecular weight excluding hydrogens is 418 g/mol. The van der Waals surface area contributed by atoms with E-state index >= 15 is 0 Å². The molecule has 0 bridgehead atoms. The van der Waals surface area contributed by atoms with Gasteiger partial charge in [0.1, 0.15) is 5.82 Å². The van der Waals surface area contributed by atoms with E-state index in [1.807, 2.05) is 18.2 Å². The van der Waals surface area contributed by atoms with Gasteiger partial charge in [0.15, 0.2) is 0 Å². The second kappa shape index (κ2) is 11.6. The van der Waals surface area contributed by atoms with Crippen LogP contribution < -0.4 is 5.32 Å². The first-order chi connectivity index (χ1) is 16.6. The van der Waals surface area contributed by atoms with Crippen molar-refractivity contribution in [1.29, 1.82) is 0 Å². The molecule has 3 aromatic carbocycles. The lowest BCUT2D eigenvalue weighted by atomic mass is 10.1. The molecule has 4 aromatic rings. The van der Waals surface area contributed by atoms with E-state index in [2.05, 4.69) is 78.3 Å². The van der Waals surface area contributed by atoms with Crippen LogP contribution in [0.15, 0.2) is 72.8 Å². The van der Waals surface area contributed by atoms with Gasteiger partial charge in [-0.25, -0.2) is 4.98 Å². The monoisotopic (exact) mass is 453 g/mol. The van der Waals surface area contributed by atoms with Gasteiger partial charge in [-0.3, -0.25) is 4.79 Å². The highest BCUT2D eigenvalue weighted by atomic mass is 16.1. The van der Waals surface area contributed by atoms with Crippen molar-refractivity contribution in [2.75, 3.05) is 6.54 Å². The Bertz CT molecular complexity index is 1230. The standard InChI is InChI=1S/C30H35N3O/c1-23-16-17-24(2)26(21-23)22-33-28-14-9-8-13-27(28)32-29(33)15-7-4-10-20-31-30(34)19-18-25-11-5-3-6-12-25/h3,5-6,8-9,11-14,16-17,21H,4,7,10,15,18-20,22H2,1-2H3,(H,31,34). The quantitative estimate of drug-likeness (QED) is 0.276. The van der Waals surface area contributed by atoms with E-state index in [0.717, 1.165) is 56.5 Å². The Kier molecular flexibility index (Phi) is 8.13. The number of nitrogens with one attached hydrogen (secondary N) is 1. The molecule has 4 nitrogen and oxygen atoms in total. The number of rotatable bonds is 11. The Hall–Kier alpha value is -3.40. The normalized spacial score (nSPS) is 11.1. The van der Waals surface area contributed by atoms with Crippen LogP contribution in [0, 0.1) is 13.8 Å². The summed E-state index contributed by atoms with van der Waals surface area (Å²) in [5.74, 6) is 1.29. The summed E-state index contributed by atoms with van der Waals surface area (Å²) < 4.78 is 2.38. The molecule has 0 spiro atoms. The number of hydrogen-bond donors (Lipinski definition) is 1. The number of hydrogen-bond acceptors (Lipinski definition) is 2. The van der Waals surface area contributed by atoms with Crippen molar-refractivity contribution in [2.45, 2.75) is 58.9 Å². The Morgan fingerprint density at radius 1 is 0.882 bits per heavy atom. The minimum atomic E-state index is 0.138. The molecule has 0 radical (unpaired) electrons. The third kappa shape index (κ3) is 6.34. The summed E-state index contributed by atoms with van der Waals surface area (Å²) in [7, 11) is 0. The average molecular weight is 454 g/mol. The molecule has 4 rings (SSSR count). The summed E-state index contributed by atoms with van der Waals surface area (Å²) in [6, 6.07) is 25.3. The van der Waals surface area contributed by atoms with Crippen LogP contribution in [0.3, 0.4) is 0 Å². The molecule has 0 atom stereocenters. The van der Waals surface area contributed by atoms with Crippen molar-refractivity contribution in [1.82, 2.24) is 14.9 Å². The lowest BCUT2D eigenvalue weighted by molar-refractivity contribution is -0.121. The summed E-state index contributed by atoms with van der Waals surface area (Å²) in [6.45, 7) is 5.92. The zero-order valence-electron chi connectivity index (χ0n) is 20.4. The molecule has 0 saturated carbocycles. The summed E-state index contributed by atoms with van der Waals surface area (Å²) in [5.41, 5.74) is 7.43. The van der Waals surface area contributed by atoms with Gasteiger partial charge in [-0.2, -0.15) is 0 Å². The fourth-order valence-corrected chi connectivity index (χ4v) is 4.44. The third-order valence-corrected chi connectivity index (χ3v) is 6.45. The lowest BCUT2D eigenvalue weighted by Gasteiger charge is -2.12. The second-order valence-electron chi connectivity index (χ2n) is 9.18. The summed E-state index contributed by atoms with van der Waals surface area (Å²) in [4.78, 5) is 17.1. The van der Waals surface area contributed by atoms with Crippen LogP contribution in [-0.2, 0) is 24.2 Å². The Morgan fingerprint density at radius 3 is 2.53 bits per heavy atom. The van der Waals surface area contributed by atoms with E-state index < -0.39 is 0 Å². The molecule has 0 aliphatic heterocycles. The number of aryl methyl sites for hydroxylation is 4. The molecule has 1 heterocycles. The fraction of sp³-hybridized carbons (Fsp3) is 0.333. The van der Waals surface area contributed by atoms with Crippen molar-refractivity contribution in [2.24, 2.45) is 0 Å². The molecule has 0 aliphatic rings. The Morgan fingerprint density at radius 2 is 1.68 bits per heavy atom. The van der Waals surface area contributed by atoms with Gasteiger partial charge in [0.05, 0.1) is 11.0 Å². The third-order valence-electron chi connectivity index (χ3n) is 6.45. The highest BCUT2D eigenvalue weighted by Gasteiger charge is 2.12. The topological polar surface area (TPSA) is 46.9 Å². The number of para-hydroxylation sites is 2. The van der Waals surface area contributed by atoms with Gasteiger partial charge in [-0.1, -0.05) is 72.6 Å². The molecule has 1 aromatic heterocycles. The van der Waals surface area contributed by atoms with E-state index in [1.165, 1.54) is 27.8 Å². The van der Waals surface area contributed by atoms with Crippen LogP contribution in [0.1, 0.15) is 53.8 Å². The largest absolute Gasteiger partial charge is 0.356 e. The van der Waals surface area contributed by atoms with Gasteiger partial charge < -0.3 is 9.88 Å².